The fourth-order valence-electron chi connectivity index (χ4n) is 2.82. The lowest BCUT2D eigenvalue weighted by atomic mass is 9.64. The van der Waals surface area contributed by atoms with Gasteiger partial charge in [-0.05, 0) is 24.7 Å². The van der Waals surface area contributed by atoms with Gasteiger partial charge in [-0.1, -0.05) is 12.2 Å². The molecule has 16 heavy (non-hydrogen) atoms. The molecule has 0 spiro atoms. The molecule has 88 valence electrons. The van der Waals surface area contributed by atoms with Crippen molar-refractivity contribution >= 4 is 11.9 Å². The first-order chi connectivity index (χ1) is 7.67. The lowest BCUT2D eigenvalue weighted by Gasteiger charge is -2.40. The first-order valence-electron chi connectivity index (χ1n) is 5.51. The highest BCUT2D eigenvalue weighted by Gasteiger charge is 2.45. The molecular weight excluding hydrogens is 208 g/mol. The van der Waals surface area contributed by atoms with Crippen LogP contribution in [-0.4, -0.2) is 26.2 Å². The predicted octanol–water partition coefficient (Wildman–Crippen LogP) is 1.16. The molecule has 1 fully saturated rings. The summed E-state index contributed by atoms with van der Waals surface area (Å²) in [5.41, 5.74) is 0. The van der Waals surface area contributed by atoms with Gasteiger partial charge >= 0.3 is 11.9 Å². The van der Waals surface area contributed by atoms with Gasteiger partial charge in [-0.25, -0.2) is 0 Å². The summed E-state index contributed by atoms with van der Waals surface area (Å²) in [6.07, 6.45) is 5.48. The highest BCUT2D eigenvalue weighted by molar-refractivity contribution is 5.77. The number of ether oxygens (including phenoxy) is 2. The molecule has 0 radical (unpaired) electrons. The summed E-state index contributed by atoms with van der Waals surface area (Å²) in [6, 6.07) is 0. The third-order valence-electron chi connectivity index (χ3n) is 3.70. The Morgan fingerprint density at radius 2 is 1.31 bits per heavy atom. The minimum absolute atomic E-state index is 0.0825. The molecule has 3 aliphatic rings. The fourth-order valence-corrected chi connectivity index (χ4v) is 2.82. The molecule has 0 aromatic carbocycles. The summed E-state index contributed by atoms with van der Waals surface area (Å²) in [7, 11) is 2.82. The summed E-state index contributed by atoms with van der Waals surface area (Å²) >= 11 is 0. The zero-order chi connectivity index (χ0) is 11.7. The third-order valence-corrected chi connectivity index (χ3v) is 3.70. The van der Waals surface area contributed by atoms with E-state index in [1.54, 1.807) is 0 Å². The largest absolute Gasteiger partial charge is 0.469 e. The average molecular weight is 224 g/mol. The van der Waals surface area contributed by atoms with Gasteiger partial charge in [0.2, 0.25) is 0 Å². The van der Waals surface area contributed by atoms with Crippen molar-refractivity contribution in [2.75, 3.05) is 14.2 Å². The minimum Gasteiger partial charge on any atom is -0.469 e. The second kappa shape index (κ2) is 4.28. The van der Waals surface area contributed by atoms with Crippen molar-refractivity contribution in [1.29, 1.82) is 0 Å². The van der Waals surface area contributed by atoms with E-state index in [0.29, 0.717) is 12.8 Å². The maximum absolute atomic E-state index is 11.5. The Morgan fingerprint density at radius 1 is 0.938 bits per heavy atom. The molecule has 2 bridgehead atoms. The van der Waals surface area contributed by atoms with E-state index in [-0.39, 0.29) is 35.6 Å². The molecule has 0 N–H and O–H groups in total. The first-order valence-corrected chi connectivity index (χ1v) is 5.51. The van der Waals surface area contributed by atoms with Crippen LogP contribution in [0, 0.1) is 23.7 Å². The van der Waals surface area contributed by atoms with Gasteiger partial charge in [-0.15, -0.1) is 0 Å². The maximum Gasteiger partial charge on any atom is 0.309 e. The maximum atomic E-state index is 11.5. The number of allylic oxidation sites excluding steroid dienone is 2. The molecule has 1 saturated carbocycles. The molecule has 4 nitrogen and oxygen atoms in total. The quantitative estimate of drug-likeness (QED) is 0.521. The summed E-state index contributed by atoms with van der Waals surface area (Å²) in [6.45, 7) is 0. The molecule has 0 aromatic rings. The zero-order valence-electron chi connectivity index (χ0n) is 9.51. The Balaban J connectivity index is 2.11. The van der Waals surface area contributed by atoms with Crippen molar-refractivity contribution in [1.82, 2.24) is 0 Å². The van der Waals surface area contributed by atoms with Gasteiger partial charge in [0, 0.05) is 0 Å². The van der Waals surface area contributed by atoms with E-state index >= 15 is 0 Å². The summed E-state index contributed by atoms with van der Waals surface area (Å²) in [4.78, 5) is 23.1. The van der Waals surface area contributed by atoms with Gasteiger partial charge in [-0.3, -0.25) is 9.59 Å². The molecule has 3 rings (SSSR count). The van der Waals surface area contributed by atoms with Crippen LogP contribution in [0.3, 0.4) is 0 Å². The van der Waals surface area contributed by atoms with Crippen molar-refractivity contribution < 1.29 is 19.1 Å². The Kier molecular flexibility index (Phi) is 2.99. The van der Waals surface area contributed by atoms with E-state index in [1.165, 1.54) is 14.2 Å². The Morgan fingerprint density at radius 3 is 1.56 bits per heavy atom. The molecular formula is C12H16O4. The number of methoxy groups -OCH3 is 2. The van der Waals surface area contributed by atoms with Crippen LogP contribution in [0.15, 0.2) is 12.2 Å². The Labute approximate surface area is 94.6 Å². The van der Waals surface area contributed by atoms with Gasteiger partial charge in [0.15, 0.2) is 0 Å². The van der Waals surface area contributed by atoms with Crippen LogP contribution >= 0.6 is 0 Å². The number of rotatable bonds is 2. The molecule has 0 aliphatic heterocycles. The number of fused-ring (bicyclic) bond motifs is 2. The summed E-state index contributed by atoms with van der Waals surface area (Å²) < 4.78 is 9.55. The van der Waals surface area contributed by atoms with Crippen LogP contribution < -0.4 is 0 Å². The van der Waals surface area contributed by atoms with Crippen molar-refractivity contribution in [2.24, 2.45) is 23.7 Å². The zero-order valence-corrected chi connectivity index (χ0v) is 9.51. The standard InChI is InChI=1S/C12H16O4/c1-15-11(13)9-5-8-4-3-7(9)6-10(8)12(14)16-2/h3-4,7-10H,5-6H2,1-2H3. The molecule has 0 aromatic heterocycles. The molecule has 0 heterocycles. The van der Waals surface area contributed by atoms with E-state index < -0.39 is 0 Å². The van der Waals surface area contributed by atoms with Gasteiger partial charge in [0.25, 0.3) is 0 Å². The number of hydrogen-bond donors (Lipinski definition) is 0. The average Bonchev–Trinajstić information content (AvgIpc) is 2.37. The highest BCUT2D eigenvalue weighted by Crippen LogP contribution is 2.44. The number of esters is 2. The van der Waals surface area contributed by atoms with Crippen molar-refractivity contribution in [3.05, 3.63) is 12.2 Å². The molecule has 4 unspecified atom stereocenters. The van der Waals surface area contributed by atoms with Gasteiger partial charge in [0.05, 0.1) is 26.1 Å². The minimum atomic E-state index is -0.164. The van der Waals surface area contributed by atoms with Crippen LogP contribution in [0.4, 0.5) is 0 Å². The first kappa shape index (κ1) is 11.2. The van der Waals surface area contributed by atoms with Crippen molar-refractivity contribution in [3.63, 3.8) is 0 Å². The Bertz CT molecular complexity index is 302. The third kappa shape index (κ3) is 1.72. The van der Waals surface area contributed by atoms with Crippen molar-refractivity contribution in [2.45, 2.75) is 12.8 Å². The molecule has 4 heteroatoms. The SMILES string of the molecule is COC(=O)C1CC2C=CC1CC2C(=O)OC. The molecule has 4 atom stereocenters. The van der Waals surface area contributed by atoms with Crippen molar-refractivity contribution in [3.8, 4) is 0 Å². The number of carbonyl (C=O) groups excluding carboxylic acids is 2. The summed E-state index contributed by atoms with van der Waals surface area (Å²) in [5.74, 6) is -0.241. The monoisotopic (exact) mass is 224 g/mol. The molecule has 0 saturated heterocycles. The second-order valence-corrected chi connectivity index (χ2v) is 4.44. The van der Waals surface area contributed by atoms with Crippen LogP contribution in [0.25, 0.3) is 0 Å². The smallest absolute Gasteiger partial charge is 0.309 e. The van der Waals surface area contributed by atoms with Crippen LogP contribution in [0.1, 0.15) is 12.8 Å². The lowest BCUT2D eigenvalue weighted by Crippen LogP contribution is -2.41. The van der Waals surface area contributed by atoms with Crippen LogP contribution in [0.2, 0.25) is 0 Å². The number of carbonyl (C=O) groups is 2. The van der Waals surface area contributed by atoms with Gasteiger partial charge in [-0.2, -0.15) is 0 Å². The van der Waals surface area contributed by atoms with E-state index in [0.717, 1.165) is 0 Å². The van der Waals surface area contributed by atoms with Gasteiger partial charge < -0.3 is 9.47 Å². The normalized spacial score (nSPS) is 35.9. The second-order valence-electron chi connectivity index (χ2n) is 4.44. The van der Waals surface area contributed by atoms with E-state index in [2.05, 4.69) is 0 Å². The molecule has 3 aliphatic carbocycles. The van der Waals surface area contributed by atoms with E-state index in [9.17, 15) is 9.59 Å². The van der Waals surface area contributed by atoms with Gasteiger partial charge in [0.1, 0.15) is 0 Å². The summed E-state index contributed by atoms with van der Waals surface area (Å²) in [5, 5.41) is 0. The van der Waals surface area contributed by atoms with E-state index in [4.69, 9.17) is 9.47 Å². The predicted molar refractivity (Wildman–Crippen MR) is 56.4 cm³/mol. The topological polar surface area (TPSA) is 52.6 Å². The van der Waals surface area contributed by atoms with E-state index in [1.807, 2.05) is 12.2 Å². The Hall–Kier alpha value is -1.32. The molecule has 0 amide bonds. The number of hydrogen-bond acceptors (Lipinski definition) is 4. The lowest BCUT2D eigenvalue weighted by molar-refractivity contribution is -0.156. The fraction of sp³-hybridized carbons (Fsp3) is 0.667. The highest BCUT2D eigenvalue weighted by atomic mass is 16.5. The van der Waals surface area contributed by atoms with Crippen LogP contribution in [0.5, 0.6) is 0 Å². The van der Waals surface area contributed by atoms with Crippen LogP contribution in [-0.2, 0) is 19.1 Å².